The van der Waals surface area contributed by atoms with E-state index in [0.29, 0.717) is 22.1 Å². The topological polar surface area (TPSA) is 65.4 Å². The Kier molecular flexibility index (Phi) is 4.94. The molecule has 2 aromatic heterocycles. The molecule has 4 rings (SSSR count). The molecular weight excluding hydrogens is 393 g/mol. The van der Waals surface area contributed by atoms with Crippen molar-refractivity contribution in [3.8, 4) is 17.2 Å². The van der Waals surface area contributed by atoms with E-state index in [0.717, 1.165) is 21.6 Å². The Morgan fingerprint density at radius 2 is 1.79 bits per heavy atom. The third-order valence-corrected chi connectivity index (χ3v) is 5.59. The summed E-state index contributed by atoms with van der Waals surface area (Å²) in [6.07, 6.45) is 0. The van der Waals surface area contributed by atoms with E-state index < -0.39 is 0 Å². The van der Waals surface area contributed by atoms with E-state index in [1.807, 2.05) is 13.0 Å². The quantitative estimate of drug-likeness (QED) is 0.512. The zero-order valence-electron chi connectivity index (χ0n) is 16.0. The van der Waals surface area contributed by atoms with Crippen LogP contribution in [0.25, 0.3) is 15.9 Å². The maximum atomic E-state index is 13.2. The number of benzene rings is 2. The van der Waals surface area contributed by atoms with Gasteiger partial charge in [-0.3, -0.25) is 4.79 Å². The number of ether oxygens (including phenoxy) is 2. The van der Waals surface area contributed by atoms with Crippen LogP contribution < -0.4 is 14.8 Å². The summed E-state index contributed by atoms with van der Waals surface area (Å²) in [5, 5.41) is 8.28. The maximum Gasteiger partial charge on any atom is 0.265 e. The van der Waals surface area contributed by atoms with E-state index in [1.54, 1.807) is 49.2 Å². The number of fused-ring (bicyclic) bond motifs is 1. The van der Waals surface area contributed by atoms with Crippen LogP contribution in [0.4, 0.5) is 10.1 Å². The predicted molar refractivity (Wildman–Crippen MR) is 111 cm³/mol. The van der Waals surface area contributed by atoms with Crippen LogP contribution in [-0.4, -0.2) is 29.9 Å². The Labute approximate surface area is 170 Å². The van der Waals surface area contributed by atoms with Crippen LogP contribution in [0.5, 0.6) is 11.5 Å². The Hall–Kier alpha value is -3.39. The van der Waals surface area contributed by atoms with Crippen molar-refractivity contribution in [2.24, 2.45) is 0 Å². The highest BCUT2D eigenvalue weighted by Gasteiger charge is 2.18. The molecule has 0 spiro atoms. The summed E-state index contributed by atoms with van der Waals surface area (Å²) in [6, 6.07) is 13.1. The summed E-state index contributed by atoms with van der Waals surface area (Å²) in [6.45, 7) is 1.88. The molecule has 0 bridgehead atoms. The van der Waals surface area contributed by atoms with Crippen molar-refractivity contribution in [3.05, 3.63) is 64.9 Å². The molecular formula is C21H18FN3O3S. The molecule has 0 aliphatic rings. The van der Waals surface area contributed by atoms with E-state index >= 15 is 0 Å². The van der Waals surface area contributed by atoms with E-state index in [4.69, 9.17) is 9.47 Å². The second-order valence-corrected chi connectivity index (χ2v) is 7.36. The van der Waals surface area contributed by atoms with Gasteiger partial charge in [0.1, 0.15) is 10.6 Å². The number of halogens is 1. The van der Waals surface area contributed by atoms with Gasteiger partial charge in [0.2, 0.25) is 0 Å². The van der Waals surface area contributed by atoms with E-state index in [9.17, 15) is 9.18 Å². The third kappa shape index (κ3) is 3.54. The lowest BCUT2D eigenvalue weighted by molar-refractivity contribution is 0.103. The minimum Gasteiger partial charge on any atom is -0.493 e. The number of nitrogens with one attached hydrogen (secondary N) is 1. The normalized spacial score (nSPS) is 10.9. The van der Waals surface area contributed by atoms with Gasteiger partial charge in [0.25, 0.3) is 5.91 Å². The molecule has 0 fully saturated rings. The molecule has 0 unspecified atom stereocenters. The first kappa shape index (κ1) is 18.9. The number of aromatic nitrogens is 2. The Morgan fingerprint density at radius 3 is 2.48 bits per heavy atom. The van der Waals surface area contributed by atoms with Crippen LogP contribution >= 0.6 is 11.3 Å². The van der Waals surface area contributed by atoms with Crippen LogP contribution in [0.15, 0.2) is 48.5 Å². The molecule has 0 aliphatic heterocycles. The van der Waals surface area contributed by atoms with E-state index in [2.05, 4.69) is 10.4 Å². The van der Waals surface area contributed by atoms with Gasteiger partial charge < -0.3 is 14.8 Å². The molecule has 1 amide bonds. The molecule has 0 aliphatic carbocycles. The lowest BCUT2D eigenvalue weighted by Crippen LogP contribution is -2.10. The van der Waals surface area contributed by atoms with Gasteiger partial charge in [0.15, 0.2) is 11.5 Å². The van der Waals surface area contributed by atoms with Gasteiger partial charge in [-0.2, -0.15) is 5.10 Å². The molecule has 0 saturated carbocycles. The summed E-state index contributed by atoms with van der Waals surface area (Å²) in [5.74, 6) is 0.574. The van der Waals surface area contributed by atoms with E-state index in [1.165, 1.54) is 23.5 Å². The zero-order valence-corrected chi connectivity index (χ0v) is 16.8. The fourth-order valence-electron chi connectivity index (χ4n) is 3.02. The highest BCUT2D eigenvalue weighted by molar-refractivity contribution is 7.20. The second kappa shape index (κ2) is 7.56. The van der Waals surface area contributed by atoms with Crippen LogP contribution in [0.1, 0.15) is 15.4 Å². The number of anilines is 1. The minimum absolute atomic E-state index is 0.233. The van der Waals surface area contributed by atoms with Crippen molar-refractivity contribution in [2.45, 2.75) is 6.92 Å². The van der Waals surface area contributed by atoms with E-state index in [-0.39, 0.29) is 11.7 Å². The molecule has 2 heterocycles. The number of hydrogen-bond donors (Lipinski definition) is 1. The number of nitrogens with zero attached hydrogens (tertiary/aromatic N) is 2. The van der Waals surface area contributed by atoms with Crippen LogP contribution in [0.2, 0.25) is 0 Å². The second-order valence-electron chi connectivity index (χ2n) is 6.33. The monoisotopic (exact) mass is 411 g/mol. The van der Waals surface area contributed by atoms with Crippen molar-refractivity contribution in [1.29, 1.82) is 0 Å². The van der Waals surface area contributed by atoms with Crippen molar-refractivity contribution < 1.29 is 18.7 Å². The first-order chi connectivity index (χ1) is 14.0. The molecule has 29 heavy (non-hydrogen) atoms. The van der Waals surface area contributed by atoms with Gasteiger partial charge in [-0.15, -0.1) is 11.3 Å². The first-order valence-electron chi connectivity index (χ1n) is 8.78. The molecule has 4 aromatic rings. The number of aryl methyl sites for hydroxylation is 1. The summed E-state index contributed by atoms with van der Waals surface area (Å²) in [4.78, 5) is 14.2. The minimum atomic E-state index is -0.310. The summed E-state index contributed by atoms with van der Waals surface area (Å²) in [5.41, 5.74) is 2.13. The third-order valence-electron chi connectivity index (χ3n) is 4.48. The lowest BCUT2D eigenvalue weighted by atomic mass is 10.2. The standard InChI is InChI=1S/C21H18FN3O3S/c1-12-16-11-19(20(26)23-14-6-9-17(27-2)18(10-14)28-3)29-21(16)25(24-12)15-7-4-13(22)5-8-15/h4-11H,1-3H3,(H,23,26). The van der Waals surface area contributed by atoms with Crippen LogP contribution in [0.3, 0.4) is 0 Å². The molecule has 0 saturated heterocycles. The number of carbonyl (C=O) groups is 1. The number of hydrogen-bond acceptors (Lipinski definition) is 5. The number of methoxy groups -OCH3 is 2. The molecule has 1 N–H and O–H groups in total. The molecule has 148 valence electrons. The summed E-state index contributed by atoms with van der Waals surface area (Å²) >= 11 is 1.33. The van der Waals surface area contributed by atoms with Crippen molar-refractivity contribution in [1.82, 2.24) is 9.78 Å². The molecule has 0 atom stereocenters. The molecule has 8 heteroatoms. The zero-order chi connectivity index (χ0) is 20.5. The molecule has 2 aromatic carbocycles. The van der Waals surface area contributed by atoms with Gasteiger partial charge in [0.05, 0.1) is 30.5 Å². The predicted octanol–water partition coefficient (Wildman–Crippen LogP) is 4.80. The van der Waals surface area contributed by atoms with Gasteiger partial charge in [-0.25, -0.2) is 9.07 Å². The van der Waals surface area contributed by atoms with Gasteiger partial charge >= 0.3 is 0 Å². The number of rotatable bonds is 5. The van der Waals surface area contributed by atoms with Crippen LogP contribution in [-0.2, 0) is 0 Å². The van der Waals surface area contributed by atoms with Gasteiger partial charge in [0, 0.05) is 17.1 Å². The number of thiophene rings is 1. The van der Waals surface area contributed by atoms with Crippen LogP contribution in [0, 0.1) is 12.7 Å². The fourth-order valence-corrected chi connectivity index (χ4v) is 4.10. The summed E-state index contributed by atoms with van der Waals surface area (Å²) in [7, 11) is 3.10. The Bertz CT molecular complexity index is 1200. The van der Waals surface area contributed by atoms with Crippen molar-refractivity contribution >= 4 is 33.1 Å². The first-order valence-corrected chi connectivity index (χ1v) is 9.60. The molecule has 0 radical (unpaired) electrons. The lowest BCUT2D eigenvalue weighted by Gasteiger charge is -2.10. The van der Waals surface area contributed by atoms with Gasteiger partial charge in [-0.1, -0.05) is 0 Å². The molecule has 6 nitrogen and oxygen atoms in total. The highest BCUT2D eigenvalue weighted by atomic mass is 32.1. The Morgan fingerprint density at radius 1 is 1.07 bits per heavy atom. The SMILES string of the molecule is COc1ccc(NC(=O)c2cc3c(C)nn(-c4ccc(F)cc4)c3s2)cc1OC. The maximum absolute atomic E-state index is 13.2. The number of amides is 1. The average Bonchev–Trinajstić information content (AvgIpc) is 3.29. The average molecular weight is 411 g/mol. The largest absolute Gasteiger partial charge is 0.493 e. The van der Waals surface area contributed by atoms with Crippen molar-refractivity contribution in [2.75, 3.05) is 19.5 Å². The van der Waals surface area contributed by atoms with Crippen molar-refractivity contribution in [3.63, 3.8) is 0 Å². The number of carbonyl (C=O) groups excluding carboxylic acids is 1. The fraction of sp³-hybridized carbons (Fsp3) is 0.143. The smallest absolute Gasteiger partial charge is 0.265 e. The van der Waals surface area contributed by atoms with Gasteiger partial charge in [-0.05, 0) is 49.4 Å². The Balaban J connectivity index is 1.65. The summed E-state index contributed by atoms with van der Waals surface area (Å²) < 4.78 is 25.5. The highest BCUT2D eigenvalue weighted by Crippen LogP contribution is 2.32.